The quantitative estimate of drug-likeness (QED) is 0.789. The van der Waals surface area contributed by atoms with Crippen LogP contribution in [0.1, 0.15) is 54.1 Å². The van der Waals surface area contributed by atoms with Crippen LogP contribution in [0, 0.1) is 13.8 Å². The summed E-state index contributed by atoms with van der Waals surface area (Å²) >= 11 is 0. The van der Waals surface area contributed by atoms with Gasteiger partial charge in [-0.05, 0) is 49.9 Å². The van der Waals surface area contributed by atoms with Gasteiger partial charge in [-0.1, -0.05) is 67.4 Å². The van der Waals surface area contributed by atoms with E-state index in [1.807, 2.05) is 0 Å². The molecule has 2 aromatic rings. The van der Waals surface area contributed by atoms with E-state index in [2.05, 4.69) is 75.5 Å². The summed E-state index contributed by atoms with van der Waals surface area (Å²) in [6, 6.07) is 16.0. The van der Waals surface area contributed by atoms with Crippen LogP contribution in [-0.2, 0) is 6.42 Å². The highest BCUT2D eigenvalue weighted by atomic mass is 14.9. The zero-order valence-electron chi connectivity index (χ0n) is 13.7. The van der Waals surface area contributed by atoms with Gasteiger partial charge in [0.05, 0.1) is 6.04 Å². The summed E-state index contributed by atoms with van der Waals surface area (Å²) in [5.41, 5.74) is 6.90. The fourth-order valence-electron chi connectivity index (χ4n) is 3.01. The van der Waals surface area contributed by atoms with Crippen LogP contribution in [0.2, 0.25) is 0 Å². The van der Waals surface area contributed by atoms with Crippen LogP contribution in [0.3, 0.4) is 0 Å². The molecule has 0 fully saturated rings. The van der Waals surface area contributed by atoms with Gasteiger partial charge in [0.2, 0.25) is 0 Å². The molecule has 1 heteroatoms. The average molecular weight is 281 g/mol. The van der Waals surface area contributed by atoms with Gasteiger partial charge in [0, 0.05) is 0 Å². The smallest absolute Gasteiger partial charge is 0.0579 e. The van der Waals surface area contributed by atoms with Gasteiger partial charge in [0.1, 0.15) is 0 Å². The summed E-state index contributed by atoms with van der Waals surface area (Å²) in [5, 5.41) is 3.73. The maximum Gasteiger partial charge on any atom is 0.0579 e. The second kappa shape index (κ2) is 7.42. The summed E-state index contributed by atoms with van der Waals surface area (Å²) in [7, 11) is 0. The number of hydrogen-bond acceptors (Lipinski definition) is 1. The average Bonchev–Trinajstić information content (AvgIpc) is 2.47. The Morgan fingerprint density at radius 3 is 2.24 bits per heavy atom. The van der Waals surface area contributed by atoms with Crippen molar-refractivity contribution in [2.45, 2.75) is 46.6 Å². The minimum atomic E-state index is 0.291. The molecule has 0 spiro atoms. The van der Waals surface area contributed by atoms with Gasteiger partial charge in [0.15, 0.2) is 0 Å². The molecule has 0 radical (unpaired) electrons. The number of rotatable bonds is 6. The van der Waals surface area contributed by atoms with E-state index in [0.717, 1.165) is 19.4 Å². The van der Waals surface area contributed by atoms with Gasteiger partial charge >= 0.3 is 0 Å². The van der Waals surface area contributed by atoms with Crippen molar-refractivity contribution in [1.29, 1.82) is 0 Å². The van der Waals surface area contributed by atoms with Gasteiger partial charge in [-0.15, -0.1) is 0 Å². The molecule has 0 heterocycles. The van der Waals surface area contributed by atoms with Gasteiger partial charge in [-0.2, -0.15) is 0 Å². The van der Waals surface area contributed by atoms with E-state index in [4.69, 9.17) is 0 Å². The molecule has 1 atom stereocenters. The zero-order chi connectivity index (χ0) is 15.2. The Bertz CT molecular complexity index is 566. The predicted octanol–water partition coefficient (Wildman–Crippen LogP) is 4.95. The third-order valence-corrected chi connectivity index (χ3v) is 3.92. The van der Waals surface area contributed by atoms with E-state index in [0.29, 0.717) is 6.04 Å². The number of aryl methyl sites for hydroxylation is 3. The monoisotopic (exact) mass is 281 g/mol. The fraction of sp³-hybridized carbons (Fsp3) is 0.400. The van der Waals surface area contributed by atoms with Crippen molar-refractivity contribution in [3.63, 3.8) is 0 Å². The second-order valence-electron chi connectivity index (χ2n) is 5.86. The first kappa shape index (κ1) is 15.8. The lowest BCUT2D eigenvalue weighted by atomic mass is 9.91. The minimum Gasteiger partial charge on any atom is -0.306 e. The second-order valence-corrected chi connectivity index (χ2v) is 5.86. The van der Waals surface area contributed by atoms with Crippen LogP contribution in [0.15, 0.2) is 42.5 Å². The first-order valence-electron chi connectivity index (χ1n) is 8.05. The number of hydrogen-bond donors (Lipinski definition) is 1. The van der Waals surface area contributed by atoms with Crippen LogP contribution >= 0.6 is 0 Å². The Balaban J connectivity index is 2.46. The van der Waals surface area contributed by atoms with E-state index in [1.54, 1.807) is 0 Å². The van der Waals surface area contributed by atoms with E-state index < -0.39 is 0 Å². The highest BCUT2D eigenvalue weighted by Gasteiger charge is 2.16. The molecule has 112 valence electrons. The van der Waals surface area contributed by atoms with Crippen LogP contribution in [-0.4, -0.2) is 6.54 Å². The summed E-state index contributed by atoms with van der Waals surface area (Å²) < 4.78 is 0. The Morgan fingerprint density at radius 2 is 1.62 bits per heavy atom. The Kier molecular flexibility index (Phi) is 5.58. The Labute approximate surface area is 129 Å². The molecule has 21 heavy (non-hydrogen) atoms. The molecule has 0 aliphatic carbocycles. The SMILES string of the molecule is CCCNC(c1cc(C)cc(C)c1)c1ccccc1CC. The van der Waals surface area contributed by atoms with E-state index in [1.165, 1.54) is 27.8 Å². The molecule has 0 saturated heterocycles. The van der Waals surface area contributed by atoms with Gasteiger partial charge in [-0.25, -0.2) is 0 Å². The van der Waals surface area contributed by atoms with Crippen molar-refractivity contribution >= 4 is 0 Å². The molecule has 1 N–H and O–H groups in total. The summed E-state index contributed by atoms with van der Waals surface area (Å²) in [6.45, 7) is 9.85. The molecule has 0 bridgehead atoms. The van der Waals surface area contributed by atoms with Crippen LogP contribution in [0.25, 0.3) is 0 Å². The standard InChI is InChI=1S/C20H27N/c1-5-11-21-20(18-13-15(3)12-16(4)14-18)19-10-8-7-9-17(19)6-2/h7-10,12-14,20-21H,5-6,11H2,1-4H3. The number of nitrogens with one attached hydrogen (secondary N) is 1. The summed E-state index contributed by atoms with van der Waals surface area (Å²) in [5.74, 6) is 0. The predicted molar refractivity (Wildman–Crippen MR) is 91.9 cm³/mol. The molecule has 0 saturated carbocycles. The molecule has 1 unspecified atom stereocenters. The van der Waals surface area contributed by atoms with Crippen molar-refractivity contribution in [3.8, 4) is 0 Å². The van der Waals surface area contributed by atoms with E-state index >= 15 is 0 Å². The molecular formula is C20H27N. The van der Waals surface area contributed by atoms with Crippen LogP contribution in [0.4, 0.5) is 0 Å². The van der Waals surface area contributed by atoms with Gasteiger partial charge < -0.3 is 5.32 Å². The number of benzene rings is 2. The molecule has 0 amide bonds. The minimum absolute atomic E-state index is 0.291. The first-order valence-corrected chi connectivity index (χ1v) is 8.05. The van der Waals surface area contributed by atoms with Gasteiger partial charge in [0.25, 0.3) is 0 Å². The third-order valence-electron chi connectivity index (χ3n) is 3.92. The Hall–Kier alpha value is -1.60. The molecular weight excluding hydrogens is 254 g/mol. The van der Waals surface area contributed by atoms with E-state index in [9.17, 15) is 0 Å². The maximum atomic E-state index is 3.73. The fourth-order valence-corrected chi connectivity index (χ4v) is 3.01. The topological polar surface area (TPSA) is 12.0 Å². The largest absolute Gasteiger partial charge is 0.306 e. The molecule has 2 aromatic carbocycles. The van der Waals surface area contributed by atoms with Gasteiger partial charge in [-0.3, -0.25) is 0 Å². The normalized spacial score (nSPS) is 12.4. The lowest BCUT2D eigenvalue weighted by Crippen LogP contribution is -2.24. The maximum absolute atomic E-state index is 3.73. The lowest BCUT2D eigenvalue weighted by molar-refractivity contribution is 0.594. The van der Waals surface area contributed by atoms with Crippen LogP contribution in [0.5, 0.6) is 0 Å². The Morgan fingerprint density at radius 1 is 0.952 bits per heavy atom. The molecule has 0 aromatic heterocycles. The highest BCUT2D eigenvalue weighted by Crippen LogP contribution is 2.27. The van der Waals surface area contributed by atoms with Crippen LogP contribution < -0.4 is 5.32 Å². The third kappa shape index (κ3) is 3.95. The highest BCUT2D eigenvalue weighted by molar-refractivity contribution is 5.40. The van der Waals surface area contributed by atoms with E-state index in [-0.39, 0.29) is 0 Å². The molecule has 1 nitrogen and oxygen atoms in total. The molecule has 2 rings (SSSR count). The molecule has 0 aliphatic heterocycles. The zero-order valence-corrected chi connectivity index (χ0v) is 13.7. The van der Waals surface area contributed by atoms with Crippen molar-refractivity contribution < 1.29 is 0 Å². The van der Waals surface area contributed by atoms with Crippen molar-refractivity contribution in [2.75, 3.05) is 6.54 Å². The molecule has 0 aliphatic rings. The first-order chi connectivity index (χ1) is 10.2. The van der Waals surface area contributed by atoms with Crippen molar-refractivity contribution in [2.24, 2.45) is 0 Å². The van der Waals surface area contributed by atoms with Crippen molar-refractivity contribution in [3.05, 3.63) is 70.3 Å². The summed E-state index contributed by atoms with van der Waals surface area (Å²) in [6.07, 6.45) is 2.22. The lowest BCUT2D eigenvalue weighted by Gasteiger charge is -2.23. The van der Waals surface area contributed by atoms with Crippen molar-refractivity contribution in [1.82, 2.24) is 5.32 Å². The summed E-state index contributed by atoms with van der Waals surface area (Å²) in [4.78, 5) is 0.